The minimum Gasteiger partial charge on any atom is -0.352 e. The van der Waals surface area contributed by atoms with Gasteiger partial charge in [0, 0.05) is 17.6 Å². The van der Waals surface area contributed by atoms with E-state index >= 15 is 0 Å². The molecule has 0 aliphatic carbocycles. The van der Waals surface area contributed by atoms with Gasteiger partial charge >= 0.3 is 0 Å². The molecule has 0 heterocycles. The Morgan fingerprint density at radius 3 is 2.11 bits per heavy atom. The number of halogens is 3. The molecule has 0 bridgehead atoms. The molecule has 0 fully saturated rings. The van der Waals surface area contributed by atoms with E-state index in [9.17, 15) is 9.59 Å². The highest BCUT2D eigenvalue weighted by atomic mass is 35.5. The number of amides is 2. The number of rotatable bonds is 7. The summed E-state index contributed by atoms with van der Waals surface area (Å²) in [6.07, 6.45) is 0.164. The summed E-state index contributed by atoms with van der Waals surface area (Å²) >= 11 is 18.0. The predicted molar refractivity (Wildman–Crippen MR) is 115 cm³/mol. The molecule has 150 valence electrons. The Hall–Kier alpha value is -1.75. The summed E-state index contributed by atoms with van der Waals surface area (Å²) in [6, 6.07) is 11.6. The van der Waals surface area contributed by atoms with Gasteiger partial charge in [-0.15, -0.1) is 0 Å². The Bertz CT molecular complexity index is 838. The molecule has 0 aliphatic heterocycles. The summed E-state index contributed by atoms with van der Waals surface area (Å²) in [5.74, 6) is -0.376. The van der Waals surface area contributed by atoms with E-state index in [-0.39, 0.29) is 30.8 Å². The van der Waals surface area contributed by atoms with E-state index in [1.165, 1.54) is 0 Å². The lowest BCUT2D eigenvalue weighted by Gasteiger charge is -2.29. The Morgan fingerprint density at radius 1 is 0.929 bits per heavy atom. The SMILES string of the molecule is CC(C)NC(=O)[C@H](C)N(Cc1ccc(Cl)c(Cl)c1)C(=O)Cc1ccc(Cl)cc1. The van der Waals surface area contributed by atoms with Crippen molar-refractivity contribution in [2.24, 2.45) is 0 Å². The summed E-state index contributed by atoms with van der Waals surface area (Å²) in [6.45, 7) is 5.72. The molecule has 0 aliphatic rings. The Labute approximate surface area is 180 Å². The van der Waals surface area contributed by atoms with Gasteiger partial charge < -0.3 is 10.2 Å². The molecule has 2 amide bonds. The molecular weight excluding hydrogens is 419 g/mol. The number of hydrogen-bond acceptors (Lipinski definition) is 2. The highest BCUT2D eigenvalue weighted by Crippen LogP contribution is 2.24. The van der Waals surface area contributed by atoms with Crippen molar-refractivity contribution in [2.75, 3.05) is 0 Å². The van der Waals surface area contributed by atoms with Crippen molar-refractivity contribution in [3.05, 3.63) is 68.7 Å². The van der Waals surface area contributed by atoms with Crippen LogP contribution in [0.2, 0.25) is 15.1 Å². The van der Waals surface area contributed by atoms with Gasteiger partial charge in [-0.25, -0.2) is 0 Å². The lowest BCUT2D eigenvalue weighted by Crippen LogP contribution is -2.49. The van der Waals surface area contributed by atoms with E-state index < -0.39 is 6.04 Å². The van der Waals surface area contributed by atoms with Crippen molar-refractivity contribution in [3.8, 4) is 0 Å². The fraction of sp³-hybridized carbons (Fsp3) is 0.333. The zero-order valence-electron chi connectivity index (χ0n) is 16.0. The Kier molecular flexibility index (Phi) is 8.17. The maximum Gasteiger partial charge on any atom is 0.242 e. The first-order valence-electron chi connectivity index (χ1n) is 8.95. The van der Waals surface area contributed by atoms with Gasteiger partial charge in [0.05, 0.1) is 16.5 Å². The lowest BCUT2D eigenvalue weighted by molar-refractivity contribution is -0.140. The van der Waals surface area contributed by atoms with Gasteiger partial charge in [-0.05, 0) is 56.2 Å². The molecule has 2 rings (SSSR count). The number of carbonyl (C=O) groups excluding carboxylic acids is 2. The maximum absolute atomic E-state index is 13.0. The van der Waals surface area contributed by atoms with E-state index in [1.807, 2.05) is 13.8 Å². The largest absolute Gasteiger partial charge is 0.352 e. The molecule has 0 spiro atoms. The summed E-state index contributed by atoms with van der Waals surface area (Å²) < 4.78 is 0. The summed E-state index contributed by atoms with van der Waals surface area (Å²) in [4.78, 5) is 27.1. The van der Waals surface area contributed by atoms with E-state index in [4.69, 9.17) is 34.8 Å². The van der Waals surface area contributed by atoms with Gasteiger partial charge in [0.15, 0.2) is 0 Å². The van der Waals surface area contributed by atoms with Crippen LogP contribution in [0.15, 0.2) is 42.5 Å². The van der Waals surface area contributed by atoms with Gasteiger partial charge in [-0.1, -0.05) is 53.0 Å². The van der Waals surface area contributed by atoms with Crippen LogP contribution >= 0.6 is 34.8 Å². The molecule has 0 saturated carbocycles. The van der Waals surface area contributed by atoms with Crippen LogP contribution in [0, 0.1) is 0 Å². The van der Waals surface area contributed by atoms with Crippen LogP contribution in [0.25, 0.3) is 0 Å². The van der Waals surface area contributed by atoms with Crippen molar-refractivity contribution in [2.45, 2.75) is 45.8 Å². The number of benzene rings is 2. The van der Waals surface area contributed by atoms with Gasteiger partial charge in [-0.2, -0.15) is 0 Å². The molecule has 2 aromatic carbocycles. The summed E-state index contributed by atoms with van der Waals surface area (Å²) in [5.41, 5.74) is 1.62. The zero-order valence-corrected chi connectivity index (χ0v) is 18.3. The summed E-state index contributed by atoms with van der Waals surface area (Å²) in [5, 5.41) is 4.31. The smallest absolute Gasteiger partial charge is 0.242 e. The number of nitrogens with zero attached hydrogens (tertiary/aromatic N) is 1. The third kappa shape index (κ3) is 6.40. The van der Waals surface area contributed by atoms with Crippen molar-refractivity contribution in [1.29, 1.82) is 0 Å². The second-order valence-corrected chi connectivity index (χ2v) is 8.16. The van der Waals surface area contributed by atoms with E-state index in [0.717, 1.165) is 11.1 Å². The molecule has 0 saturated heterocycles. The molecule has 4 nitrogen and oxygen atoms in total. The monoisotopic (exact) mass is 440 g/mol. The average molecular weight is 442 g/mol. The minimum absolute atomic E-state index is 0.0202. The molecule has 1 N–H and O–H groups in total. The molecule has 0 radical (unpaired) electrons. The normalized spacial score (nSPS) is 12.0. The van der Waals surface area contributed by atoms with Gasteiger partial charge in [-0.3, -0.25) is 9.59 Å². The van der Waals surface area contributed by atoms with Crippen molar-refractivity contribution >= 4 is 46.6 Å². The molecule has 0 unspecified atom stereocenters. The third-order valence-corrected chi connectivity index (χ3v) is 5.19. The molecule has 1 atom stereocenters. The van der Waals surface area contributed by atoms with Crippen LogP contribution in [-0.4, -0.2) is 28.8 Å². The Morgan fingerprint density at radius 2 is 1.54 bits per heavy atom. The Balaban J connectivity index is 2.25. The fourth-order valence-corrected chi connectivity index (χ4v) is 3.15. The van der Waals surface area contributed by atoms with Gasteiger partial charge in [0.25, 0.3) is 0 Å². The second-order valence-electron chi connectivity index (χ2n) is 6.91. The van der Waals surface area contributed by atoms with Crippen molar-refractivity contribution in [3.63, 3.8) is 0 Å². The summed E-state index contributed by atoms with van der Waals surface area (Å²) in [7, 11) is 0. The maximum atomic E-state index is 13.0. The third-order valence-electron chi connectivity index (χ3n) is 4.20. The van der Waals surface area contributed by atoms with Crippen LogP contribution in [0.1, 0.15) is 31.9 Å². The van der Waals surface area contributed by atoms with Crippen molar-refractivity contribution in [1.82, 2.24) is 10.2 Å². The van der Waals surface area contributed by atoms with Crippen molar-refractivity contribution < 1.29 is 9.59 Å². The van der Waals surface area contributed by atoms with Crippen LogP contribution in [0.3, 0.4) is 0 Å². The van der Waals surface area contributed by atoms with E-state index in [0.29, 0.717) is 15.1 Å². The van der Waals surface area contributed by atoms with E-state index in [1.54, 1.807) is 54.3 Å². The van der Waals surface area contributed by atoms with Crippen LogP contribution in [-0.2, 0) is 22.6 Å². The van der Waals surface area contributed by atoms with Gasteiger partial charge in [0.1, 0.15) is 6.04 Å². The first-order chi connectivity index (χ1) is 13.2. The standard InChI is InChI=1S/C21H23Cl3N2O2/c1-13(2)25-21(28)14(3)26(12-16-6-9-18(23)19(24)10-16)20(27)11-15-4-7-17(22)8-5-15/h4-10,13-14H,11-12H2,1-3H3,(H,25,28)/t14-/m0/s1. The van der Waals surface area contributed by atoms with Crippen LogP contribution in [0.5, 0.6) is 0 Å². The lowest BCUT2D eigenvalue weighted by atomic mass is 10.1. The molecule has 7 heteroatoms. The molecule has 0 aromatic heterocycles. The van der Waals surface area contributed by atoms with E-state index in [2.05, 4.69) is 5.32 Å². The fourth-order valence-electron chi connectivity index (χ4n) is 2.70. The highest BCUT2D eigenvalue weighted by molar-refractivity contribution is 6.42. The quantitative estimate of drug-likeness (QED) is 0.647. The number of nitrogens with one attached hydrogen (secondary N) is 1. The zero-order chi connectivity index (χ0) is 20.8. The predicted octanol–water partition coefficient (Wildman–Crippen LogP) is 5.13. The minimum atomic E-state index is -0.642. The first-order valence-corrected chi connectivity index (χ1v) is 10.1. The molecule has 2 aromatic rings. The molecule has 28 heavy (non-hydrogen) atoms. The number of carbonyl (C=O) groups is 2. The number of hydrogen-bond donors (Lipinski definition) is 1. The van der Waals surface area contributed by atoms with Crippen LogP contribution < -0.4 is 5.32 Å². The van der Waals surface area contributed by atoms with Crippen LogP contribution in [0.4, 0.5) is 0 Å². The highest BCUT2D eigenvalue weighted by Gasteiger charge is 2.26. The topological polar surface area (TPSA) is 49.4 Å². The van der Waals surface area contributed by atoms with Gasteiger partial charge in [0.2, 0.25) is 11.8 Å². The molecular formula is C21H23Cl3N2O2. The average Bonchev–Trinajstić information content (AvgIpc) is 2.63. The first kappa shape index (κ1) is 22.5. The second kappa shape index (κ2) is 10.1.